The highest BCUT2D eigenvalue weighted by Gasteiger charge is 2.35. The van der Waals surface area contributed by atoms with Gasteiger partial charge in [-0.2, -0.15) is 0 Å². The van der Waals surface area contributed by atoms with Crippen molar-refractivity contribution in [2.45, 2.75) is 19.4 Å². The molecule has 0 radical (unpaired) electrons. The molecular formula is C14H15FN2O4. The van der Waals surface area contributed by atoms with Gasteiger partial charge in [-0.25, -0.2) is 4.39 Å². The Balaban J connectivity index is 2.04. The molecule has 0 bridgehead atoms. The number of carboxylic acids is 1. The number of amides is 2. The van der Waals surface area contributed by atoms with Gasteiger partial charge in [-0.3, -0.25) is 14.4 Å². The molecule has 0 spiro atoms. The highest BCUT2D eigenvalue weighted by atomic mass is 19.1. The van der Waals surface area contributed by atoms with Crippen molar-refractivity contribution in [2.75, 3.05) is 11.4 Å². The molecule has 2 amide bonds. The second kappa shape index (κ2) is 5.90. The summed E-state index contributed by atoms with van der Waals surface area (Å²) in [5.41, 5.74) is 0.517. The van der Waals surface area contributed by atoms with Gasteiger partial charge in [-0.15, -0.1) is 0 Å². The lowest BCUT2D eigenvalue weighted by Gasteiger charge is -2.17. The Morgan fingerprint density at radius 1 is 1.38 bits per heavy atom. The maximum atomic E-state index is 12.9. The monoisotopic (exact) mass is 294 g/mol. The normalized spacial score (nSPS) is 19.4. The van der Waals surface area contributed by atoms with Crippen molar-refractivity contribution in [1.82, 2.24) is 5.32 Å². The first-order valence-corrected chi connectivity index (χ1v) is 6.47. The summed E-state index contributed by atoms with van der Waals surface area (Å²) >= 11 is 0. The zero-order chi connectivity index (χ0) is 15.6. The fourth-order valence-electron chi connectivity index (χ4n) is 2.15. The van der Waals surface area contributed by atoms with Gasteiger partial charge in [-0.05, 0) is 31.2 Å². The first-order valence-electron chi connectivity index (χ1n) is 6.47. The van der Waals surface area contributed by atoms with E-state index in [9.17, 15) is 18.8 Å². The number of carbonyl (C=O) groups is 3. The van der Waals surface area contributed by atoms with Crippen LogP contribution in [0.15, 0.2) is 24.3 Å². The summed E-state index contributed by atoms with van der Waals surface area (Å²) < 4.78 is 12.9. The largest absolute Gasteiger partial charge is 0.480 e. The average Bonchev–Trinajstić information content (AvgIpc) is 2.81. The molecule has 1 heterocycles. The number of hydrogen-bond donors (Lipinski definition) is 2. The summed E-state index contributed by atoms with van der Waals surface area (Å²) in [6.07, 6.45) is 0.00947. The highest BCUT2D eigenvalue weighted by Crippen LogP contribution is 2.25. The maximum Gasteiger partial charge on any atom is 0.325 e. The van der Waals surface area contributed by atoms with E-state index in [2.05, 4.69) is 5.32 Å². The third kappa shape index (κ3) is 3.36. The first-order chi connectivity index (χ1) is 9.88. The van der Waals surface area contributed by atoms with Gasteiger partial charge in [0, 0.05) is 18.7 Å². The quantitative estimate of drug-likeness (QED) is 0.858. The molecule has 1 aliphatic rings. The van der Waals surface area contributed by atoms with E-state index in [4.69, 9.17) is 5.11 Å². The van der Waals surface area contributed by atoms with Crippen LogP contribution >= 0.6 is 0 Å². The number of anilines is 1. The number of rotatable bonds is 4. The van der Waals surface area contributed by atoms with Crippen molar-refractivity contribution in [3.05, 3.63) is 30.1 Å². The van der Waals surface area contributed by atoms with Crippen LogP contribution in [0.5, 0.6) is 0 Å². The molecule has 6 nitrogen and oxygen atoms in total. The van der Waals surface area contributed by atoms with Gasteiger partial charge in [0.25, 0.3) is 0 Å². The number of halogens is 1. The number of hydrogen-bond acceptors (Lipinski definition) is 3. The Morgan fingerprint density at radius 2 is 2.00 bits per heavy atom. The number of aliphatic carboxylic acids is 1. The predicted octanol–water partition coefficient (Wildman–Crippen LogP) is 0.768. The molecule has 1 aromatic rings. The van der Waals surface area contributed by atoms with E-state index in [0.29, 0.717) is 5.69 Å². The molecular weight excluding hydrogens is 279 g/mol. The lowest BCUT2D eigenvalue weighted by atomic mass is 10.1. The first kappa shape index (κ1) is 15.0. The van der Waals surface area contributed by atoms with E-state index < -0.39 is 29.7 Å². The van der Waals surface area contributed by atoms with Crippen LogP contribution in [-0.2, 0) is 14.4 Å². The van der Waals surface area contributed by atoms with Crippen molar-refractivity contribution >= 4 is 23.5 Å². The Morgan fingerprint density at radius 3 is 2.57 bits per heavy atom. The van der Waals surface area contributed by atoms with Crippen molar-refractivity contribution in [3.8, 4) is 0 Å². The zero-order valence-electron chi connectivity index (χ0n) is 11.4. The van der Waals surface area contributed by atoms with Crippen LogP contribution in [0.25, 0.3) is 0 Å². The van der Waals surface area contributed by atoms with Crippen molar-refractivity contribution in [3.63, 3.8) is 0 Å². The number of carboxylic acid groups (broad SMARTS) is 1. The minimum atomic E-state index is -1.14. The number of benzene rings is 1. The molecule has 1 aliphatic heterocycles. The van der Waals surface area contributed by atoms with Crippen LogP contribution in [-0.4, -0.2) is 35.5 Å². The maximum absolute atomic E-state index is 12.9. The lowest BCUT2D eigenvalue weighted by molar-refractivity contribution is -0.141. The van der Waals surface area contributed by atoms with Crippen molar-refractivity contribution < 1.29 is 23.9 Å². The molecule has 112 valence electrons. The molecule has 21 heavy (non-hydrogen) atoms. The summed E-state index contributed by atoms with van der Waals surface area (Å²) in [4.78, 5) is 36.0. The second-order valence-corrected chi connectivity index (χ2v) is 4.95. The Hall–Kier alpha value is -2.44. The van der Waals surface area contributed by atoms with Crippen LogP contribution in [0.2, 0.25) is 0 Å². The molecule has 1 aromatic carbocycles. The van der Waals surface area contributed by atoms with Crippen molar-refractivity contribution in [2.24, 2.45) is 5.92 Å². The van der Waals surface area contributed by atoms with Crippen LogP contribution in [0.4, 0.5) is 10.1 Å². The average molecular weight is 294 g/mol. The zero-order valence-corrected chi connectivity index (χ0v) is 11.4. The van der Waals surface area contributed by atoms with E-state index in [1.54, 1.807) is 0 Å². The Bertz CT molecular complexity index is 573. The van der Waals surface area contributed by atoms with E-state index in [-0.39, 0.29) is 18.9 Å². The summed E-state index contributed by atoms with van der Waals surface area (Å²) in [5.74, 6) is -2.87. The topological polar surface area (TPSA) is 86.7 Å². The molecule has 0 aromatic heterocycles. The fraction of sp³-hybridized carbons (Fsp3) is 0.357. The smallest absolute Gasteiger partial charge is 0.325 e. The molecule has 2 atom stereocenters. The van der Waals surface area contributed by atoms with Crippen molar-refractivity contribution in [1.29, 1.82) is 0 Å². The predicted molar refractivity (Wildman–Crippen MR) is 72.1 cm³/mol. The molecule has 1 saturated heterocycles. The SMILES string of the molecule is CC(NC(=O)C1CC(=O)N(c2ccc(F)cc2)C1)C(=O)O. The number of nitrogens with zero attached hydrogens (tertiary/aromatic N) is 1. The van der Waals surface area contributed by atoms with Gasteiger partial charge in [0.1, 0.15) is 11.9 Å². The molecule has 0 saturated carbocycles. The number of nitrogens with one attached hydrogen (secondary N) is 1. The third-order valence-electron chi connectivity index (χ3n) is 3.36. The summed E-state index contributed by atoms with van der Waals surface area (Å²) in [7, 11) is 0. The van der Waals surface area contributed by atoms with Gasteiger partial charge in [0.15, 0.2) is 0 Å². The van der Waals surface area contributed by atoms with Crippen LogP contribution < -0.4 is 10.2 Å². The summed E-state index contributed by atoms with van der Waals surface area (Å²) in [6.45, 7) is 1.51. The third-order valence-corrected chi connectivity index (χ3v) is 3.36. The van der Waals surface area contributed by atoms with Crippen LogP contribution in [0.1, 0.15) is 13.3 Å². The molecule has 7 heteroatoms. The van der Waals surface area contributed by atoms with Crippen LogP contribution in [0.3, 0.4) is 0 Å². The Kier molecular flexibility index (Phi) is 4.21. The molecule has 1 fully saturated rings. The van der Waals surface area contributed by atoms with Gasteiger partial charge in [0.2, 0.25) is 11.8 Å². The summed E-state index contributed by atoms with van der Waals surface area (Å²) in [5, 5.41) is 11.1. The minimum absolute atomic E-state index is 0.00947. The Labute approximate surface area is 120 Å². The van der Waals surface area contributed by atoms with E-state index in [0.717, 1.165) is 0 Å². The van der Waals surface area contributed by atoms with E-state index in [1.165, 1.54) is 36.1 Å². The minimum Gasteiger partial charge on any atom is -0.480 e. The van der Waals surface area contributed by atoms with Gasteiger partial charge >= 0.3 is 5.97 Å². The van der Waals surface area contributed by atoms with E-state index >= 15 is 0 Å². The lowest BCUT2D eigenvalue weighted by Crippen LogP contribution is -2.42. The second-order valence-electron chi connectivity index (χ2n) is 4.95. The van der Waals surface area contributed by atoms with Gasteiger partial charge < -0.3 is 15.3 Å². The standard InChI is InChI=1S/C14H15FN2O4/c1-8(14(20)21)16-13(19)9-6-12(18)17(7-9)11-4-2-10(15)3-5-11/h2-5,8-9H,6-7H2,1H3,(H,16,19)(H,20,21). The van der Waals surface area contributed by atoms with Crippen LogP contribution in [0, 0.1) is 11.7 Å². The number of carbonyl (C=O) groups excluding carboxylic acids is 2. The van der Waals surface area contributed by atoms with Gasteiger partial charge in [-0.1, -0.05) is 0 Å². The molecule has 0 aliphatic carbocycles. The van der Waals surface area contributed by atoms with Gasteiger partial charge in [0.05, 0.1) is 5.92 Å². The highest BCUT2D eigenvalue weighted by molar-refractivity contribution is 6.00. The molecule has 2 rings (SSSR count). The fourth-order valence-corrected chi connectivity index (χ4v) is 2.15. The van der Waals surface area contributed by atoms with E-state index in [1.807, 2.05) is 0 Å². The molecule has 2 unspecified atom stereocenters. The molecule has 2 N–H and O–H groups in total. The summed E-state index contributed by atoms with van der Waals surface area (Å²) in [6, 6.07) is 4.40.